The molecule has 1 aromatic carbocycles. The number of primary amides is 1. The summed E-state index contributed by atoms with van der Waals surface area (Å²) in [6, 6.07) is 2.10. The monoisotopic (exact) mass is 687 g/mol. The number of thiazole rings is 1. The van der Waals surface area contributed by atoms with Crippen molar-refractivity contribution in [2.45, 2.75) is 69.3 Å². The number of methoxy groups -OCH3 is 1. The maximum absolute atomic E-state index is 13.9. The van der Waals surface area contributed by atoms with Gasteiger partial charge in [0, 0.05) is 49.8 Å². The van der Waals surface area contributed by atoms with Gasteiger partial charge in [-0.05, 0) is 44.7 Å². The van der Waals surface area contributed by atoms with Crippen molar-refractivity contribution < 1.29 is 37.0 Å². The fourth-order valence-corrected chi connectivity index (χ4v) is 7.13. The third-order valence-electron chi connectivity index (χ3n) is 9.23. The largest absolute Gasteiger partial charge is 0.496 e. The van der Waals surface area contributed by atoms with E-state index in [9.17, 15) is 27.6 Å². The molecule has 4 atom stereocenters. The van der Waals surface area contributed by atoms with Crippen LogP contribution >= 0.6 is 11.3 Å². The van der Waals surface area contributed by atoms with Crippen molar-refractivity contribution >= 4 is 40.1 Å². The van der Waals surface area contributed by atoms with Gasteiger partial charge in [0.2, 0.25) is 17.7 Å². The van der Waals surface area contributed by atoms with E-state index in [1.165, 1.54) is 12.0 Å². The standard InChI is InChI=1S/C32H36F3N7O5S/c1-17-22(46-3)10-9-20-24(17)38-25(28-37-23(16-48-28)32(33,34)35)39-27(20)47-19-11-13-42-21(14-19)26(43)40-31(29(36)44)15-18(31)8-6-4-5-7-12-41(2)30(42)45/h6,8-10,16,18-19,21H,4-5,7,11-15H2,1-3H3,(H2,36,44)(H,40,43). The van der Waals surface area contributed by atoms with Crippen molar-refractivity contribution in [3.8, 4) is 22.5 Å². The number of allylic oxidation sites excluding steroid dienone is 1. The molecule has 1 aliphatic carbocycles. The summed E-state index contributed by atoms with van der Waals surface area (Å²) in [5.74, 6) is -0.855. The first-order chi connectivity index (χ1) is 22.8. The second-order valence-electron chi connectivity index (χ2n) is 12.4. The summed E-state index contributed by atoms with van der Waals surface area (Å²) in [7, 11) is 3.19. The lowest BCUT2D eigenvalue weighted by molar-refractivity contribution is -0.140. The second-order valence-corrected chi connectivity index (χ2v) is 13.3. The summed E-state index contributed by atoms with van der Waals surface area (Å²) in [6.07, 6.45) is 1.81. The number of rotatable bonds is 5. The maximum Gasteiger partial charge on any atom is 0.434 e. The van der Waals surface area contributed by atoms with Crippen molar-refractivity contribution in [1.82, 2.24) is 30.1 Å². The fourth-order valence-electron chi connectivity index (χ4n) is 6.37. The molecule has 48 heavy (non-hydrogen) atoms. The SMILES string of the molecule is COc1ccc2c(OC3CCN4C(=O)N(C)CCCCC=CC5CC5(C(N)=O)NC(=O)C4C3)nc(-c3nc(C(F)(F)F)cs3)nc2c1C. The van der Waals surface area contributed by atoms with E-state index in [0.717, 1.165) is 36.0 Å². The Hall–Kier alpha value is -4.47. The number of nitrogens with one attached hydrogen (secondary N) is 1. The molecule has 12 nitrogen and oxygen atoms in total. The van der Waals surface area contributed by atoms with E-state index in [1.54, 1.807) is 31.0 Å². The Morgan fingerprint density at radius 3 is 2.67 bits per heavy atom. The third kappa shape index (κ3) is 6.36. The average molecular weight is 688 g/mol. The number of nitrogens with two attached hydrogens (primary N) is 1. The predicted octanol–water partition coefficient (Wildman–Crippen LogP) is 4.45. The van der Waals surface area contributed by atoms with E-state index in [4.69, 9.17) is 15.2 Å². The van der Waals surface area contributed by atoms with Crippen LogP contribution in [0.4, 0.5) is 18.0 Å². The van der Waals surface area contributed by atoms with E-state index in [2.05, 4.69) is 20.3 Å². The van der Waals surface area contributed by atoms with Crippen molar-refractivity contribution in [3.05, 3.63) is 40.9 Å². The Labute approximate surface area is 278 Å². The van der Waals surface area contributed by atoms with Gasteiger partial charge in [0.15, 0.2) is 16.5 Å². The lowest BCUT2D eigenvalue weighted by atomic mass is 9.97. The normalized spacial score (nSPS) is 25.2. The number of piperidine rings is 1. The number of amides is 4. The predicted molar refractivity (Wildman–Crippen MR) is 170 cm³/mol. The first-order valence-electron chi connectivity index (χ1n) is 15.7. The summed E-state index contributed by atoms with van der Waals surface area (Å²) >= 11 is 0.757. The number of halogens is 3. The van der Waals surface area contributed by atoms with Gasteiger partial charge in [-0.15, -0.1) is 11.3 Å². The van der Waals surface area contributed by atoms with Crippen LogP contribution in [0, 0.1) is 12.8 Å². The van der Waals surface area contributed by atoms with Crippen LogP contribution in [0.1, 0.15) is 49.8 Å². The minimum Gasteiger partial charge on any atom is -0.496 e. The van der Waals surface area contributed by atoms with Crippen molar-refractivity contribution in [3.63, 3.8) is 0 Å². The van der Waals surface area contributed by atoms with Gasteiger partial charge < -0.3 is 30.3 Å². The van der Waals surface area contributed by atoms with Crippen LogP contribution in [0.3, 0.4) is 0 Å². The minimum atomic E-state index is -4.64. The zero-order valence-corrected chi connectivity index (χ0v) is 27.5. The quantitative estimate of drug-likeness (QED) is 0.373. The van der Waals surface area contributed by atoms with Crippen LogP contribution in [-0.4, -0.2) is 87.5 Å². The molecule has 3 aromatic rings. The van der Waals surface area contributed by atoms with Crippen molar-refractivity contribution in [2.24, 2.45) is 11.7 Å². The molecule has 6 rings (SSSR count). The summed E-state index contributed by atoms with van der Waals surface area (Å²) in [5.41, 5.74) is 4.50. The molecular weight excluding hydrogens is 651 g/mol. The first-order valence-corrected chi connectivity index (χ1v) is 16.6. The number of hydrogen-bond donors (Lipinski definition) is 2. The van der Waals surface area contributed by atoms with Crippen LogP contribution in [0.15, 0.2) is 29.7 Å². The van der Waals surface area contributed by atoms with Crippen LogP contribution in [0.5, 0.6) is 11.6 Å². The molecule has 0 spiro atoms. The van der Waals surface area contributed by atoms with Gasteiger partial charge in [-0.2, -0.15) is 18.2 Å². The number of carbonyl (C=O) groups excluding carboxylic acids is 3. The lowest BCUT2D eigenvalue weighted by Crippen LogP contribution is -2.61. The van der Waals surface area contributed by atoms with Gasteiger partial charge in [-0.25, -0.2) is 14.8 Å². The molecule has 16 heteroatoms. The van der Waals surface area contributed by atoms with Gasteiger partial charge in [-0.1, -0.05) is 12.2 Å². The molecule has 4 amide bonds. The molecule has 4 heterocycles. The number of aromatic nitrogens is 3. The Bertz CT molecular complexity index is 1780. The summed E-state index contributed by atoms with van der Waals surface area (Å²) in [4.78, 5) is 56.0. The van der Waals surface area contributed by atoms with Gasteiger partial charge in [0.1, 0.15) is 23.4 Å². The average Bonchev–Trinajstić information content (AvgIpc) is 3.49. The van der Waals surface area contributed by atoms with Gasteiger partial charge in [-0.3, -0.25) is 9.59 Å². The smallest absolute Gasteiger partial charge is 0.434 e. The molecule has 1 saturated heterocycles. The molecule has 2 fully saturated rings. The van der Waals surface area contributed by atoms with Gasteiger partial charge in [0.25, 0.3) is 0 Å². The molecule has 0 bridgehead atoms. The molecule has 256 valence electrons. The number of aryl methyl sites for hydroxylation is 1. The van der Waals surface area contributed by atoms with Crippen LogP contribution < -0.4 is 20.5 Å². The topological polar surface area (TPSA) is 153 Å². The molecular formula is C32H36F3N7O5S. The Kier molecular flexibility index (Phi) is 8.96. The third-order valence-corrected chi connectivity index (χ3v) is 10.1. The highest BCUT2D eigenvalue weighted by molar-refractivity contribution is 7.13. The van der Waals surface area contributed by atoms with E-state index < -0.39 is 41.4 Å². The highest BCUT2D eigenvalue weighted by atomic mass is 32.1. The molecule has 3 N–H and O–H groups in total. The molecule has 2 aliphatic heterocycles. The molecule has 4 unspecified atom stereocenters. The summed E-state index contributed by atoms with van der Waals surface area (Å²) < 4.78 is 52.1. The van der Waals surface area contributed by atoms with Crippen molar-refractivity contribution in [1.29, 1.82) is 0 Å². The minimum absolute atomic E-state index is 0.0463. The second kappa shape index (κ2) is 12.9. The molecule has 3 aliphatic rings. The fraction of sp³-hybridized carbons (Fsp3) is 0.500. The van der Waals surface area contributed by atoms with Gasteiger partial charge >= 0.3 is 12.2 Å². The first kappa shape index (κ1) is 33.4. The van der Waals surface area contributed by atoms with Gasteiger partial charge in [0.05, 0.1) is 18.0 Å². The number of benzene rings is 1. The number of ether oxygens (including phenoxy) is 2. The summed E-state index contributed by atoms with van der Waals surface area (Å²) in [5, 5.41) is 4.20. The van der Waals surface area contributed by atoms with Crippen LogP contribution in [0.2, 0.25) is 0 Å². The zero-order valence-electron chi connectivity index (χ0n) is 26.7. The Morgan fingerprint density at radius 2 is 1.96 bits per heavy atom. The summed E-state index contributed by atoms with van der Waals surface area (Å²) in [6.45, 7) is 2.44. The van der Waals surface area contributed by atoms with E-state index in [-0.39, 0.29) is 41.6 Å². The number of carbonyl (C=O) groups is 3. The highest BCUT2D eigenvalue weighted by Crippen LogP contribution is 2.45. The Morgan fingerprint density at radius 1 is 1.17 bits per heavy atom. The number of urea groups is 1. The highest BCUT2D eigenvalue weighted by Gasteiger charge is 2.59. The molecule has 2 aromatic heterocycles. The van der Waals surface area contributed by atoms with Crippen molar-refractivity contribution in [2.75, 3.05) is 27.2 Å². The lowest BCUT2D eigenvalue weighted by Gasteiger charge is -2.40. The van der Waals surface area contributed by atoms with E-state index in [1.807, 2.05) is 12.2 Å². The number of nitrogens with zero attached hydrogens (tertiary/aromatic N) is 5. The van der Waals surface area contributed by atoms with E-state index >= 15 is 0 Å². The Balaban J connectivity index is 1.34. The molecule has 0 radical (unpaired) electrons. The molecule has 1 saturated carbocycles. The number of hydrogen-bond acceptors (Lipinski definition) is 9. The number of fused-ring (bicyclic) bond motifs is 3. The maximum atomic E-state index is 13.9. The zero-order chi connectivity index (χ0) is 34.4. The van der Waals surface area contributed by atoms with E-state index in [0.29, 0.717) is 41.6 Å². The number of alkyl halides is 3. The van der Waals surface area contributed by atoms with Crippen LogP contribution in [0.25, 0.3) is 21.7 Å². The van der Waals surface area contributed by atoms with Crippen LogP contribution in [-0.2, 0) is 15.8 Å².